The Morgan fingerprint density at radius 1 is 0.852 bits per heavy atom. The molecule has 1 aromatic heterocycles. The Hall–Kier alpha value is -3.51. The molecule has 6 heteroatoms. The first-order chi connectivity index (χ1) is 13.1. The van der Waals surface area contributed by atoms with Gasteiger partial charge in [-0.15, -0.1) is 11.3 Å². The van der Waals surface area contributed by atoms with Gasteiger partial charge in [-0.1, -0.05) is 24.3 Å². The average Bonchev–Trinajstić information content (AvgIpc) is 3.21. The molecule has 0 atom stereocenters. The lowest BCUT2D eigenvalue weighted by molar-refractivity contribution is 0.0926. The van der Waals surface area contributed by atoms with E-state index in [1.165, 1.54) is 16.2 Å². The highest BCUT2D eigenvalue weighted by molar-refractivity contribution is 7.21. The van der Waals surface area contributed by atoms with E-state index in [1.807, 2.05) is 36.4 Å². The zero-order valence-corrected chi connectivity index (χ0v) is 14.9. The smallest absolute Gasteiger partial charge is 0.266 e. The number of fused-ring (bicyclic) bond motifs is 2. The fourth-order valence-electron chi connectivity index (χ4n) is 3.27. The van der Waals surface area contributed by atoms with Crippen molar-refractivity contribution in [3.63, 3.8) is 0 Å². The minimum absolute atomic E-state index is 0.301. The lowest BCUT2D eigenvalue weighted by atomic mass is 10.1. The molecular formula is C21H13N3O2S. The van der Waals surface area contributed by atoms with Crippen molar-refractivity contribution in [3.8, 4) is 10.6 Å². The predicted molar refractivity (Wildman–Crippen MR) is 107 cm³/mol. The number of amides is 2. The number of anilines is 2. The number of hydrogen-bond donors (Lipinski definition) is 1. The lowest BCUT2D eigenvalue weighted by Gasteiger charge is -2.14. The molecule has 5 nitrogen and oxygen atoms in total. The first-order valence-electron chi connectivity index (χ1n) is 8.36. The van der Waals surface area contributed by atoms with E-state index in [0.29, 0.717) is 22.5 Å². The molecule has 2 N–H and O–H groups in total. The lowest BCUT2D eigenvalue weighted by Crippen LogP contribution is -2.29. The van der Waals surface area contributed by atoms with E-state index in [9.17, 15) is 9.59 Å². The van der Waals surface area contributed by atoms with E-state index in [0.717, 1.165) is 20.8 Å². The number of imide groups is 1. The van der Waals surface area contributed by atoms with Crippen molar-refractivity contribution in [2.24, 2.45) is 0 Å². The molecule has 5 rings (SSSR count). The number of benzene rings is 3. The predicted octanol–water partition coefficient (Wildman–Crippen LogP) is 4.35. The molecule has 1 aliphatic heterocycles. The summed E-state index contributed by atoms with van der Waals surface area (Å²) in [5.74, 6) is -0.602. The largest absolute Gasteiger partial charge is 0.399 e. The van der Waals surface area contributed by atoms with Crippen LogP contribution in [0.5, 0.6) is 0 Å². The first-order valence-corrected chi connectivity index (χ1v) is 9.18. The Kier molecular flexibility index (Phi) is 3.35. The van der Waals surface area contributed by atoms with Gasteiger partial charge in [-0.25, -0.2) is 9.88 Å². The summed E-state index contributed by atoms with van der Waals surface area (Å²) in [6, 6.07) is 19.8. The molecule has 1 aliphatic rings. The monoisotopic (exact) mass is 371 g/mol. The molecule has 0 radical (unpaired) electrons. The normalized spacial score (nSPS) is 13.4. The number of aromatic nitrogens is 1. The number of carbonyl (C=O) groups is 2. The average molecular weight is 371 g/mol. The minimum Gasteiger partial charge on any atom is -0.399 e. The van der Waals surface area contributed by atoms with E-state index in [2.05, 4.69) is 4.98 Å². The van der Waals surface area contributed by atoms with Crippen molar-refractivity contribution in [1.29, 1.82) is 0 Å². The van der Waals surface area contributed by atoms with E-state index in [-0.39, 0.29) is 11.8 Å². The number of nitrogens with zero attached hydrogens (tertiary/aromatic N) is 2. The summed E-state index contributed by atoms with van der Waals surface area (Å²) in [5.41, 5.74) is 9.67. The molecule has 2 amide bonds. The molecule has 0 spiro atoms. The van der Waals surface area contributed by atoms with Crippen LogP contribution in [0, 0.1) is 0 Å². The summed E-state index contributed by atoms with van der Waals surface area (Å²) >= 11 is 1.53. The highest BCUT2D eigenvalue weighted by Gasteiger charge is 2.36. The van der Waals surface area contributed by atoms with Gasteiger partial charge in [-0.2, -0.15) is 0 Å². The van der Waals surface area contributed by atoms with Gasteiger partial charge in [0, 0.05) is 11.3 Å². The van der Waals surface area contributed by atoms with Crippen LogP contribution in [0.1, 0.15) is 20.7 Å². The van der Waals surface area contributed by atoms with Gasteiger partial charge in [0.1, 0.15) is 5.01 Å². The van der Waals surface area contributed by atoms with Gasteiger partial charge >= 0.3 is 0 Å². The second-order valence-corrected chi connectivity index (χ2v) is 7.32. The van der Waals surface area contributed by atoms with Gasteiger partial charge in [-0.3, -0.25) is 9.59 Å². The number of nitrogens with two attached hydrogens (primary N) is 1. The maximum Gasteiger partial charge on any atom is 0.266 e. The summed E-state index contributed by atoms with van der Waals surface area (Å²) in [7, 11) is 0. The van der Waals surface area contributed by atoms with Crippen LogP contribution < -0.4 is 10.6 Å². The van der Waals surface area contributed by atoms with Gasteiger partial charge in [-0.05, 0) is 42.5 Å². The second kappa shape index (κ2) is 5.75. The summed E-state index contributed by atoms with van der Waals surface area (Å²) in [4.78, 5) is 31.3. The third kappa shape index (κ3) is 2.42. The number of nitrogen functional groups attached to an aromatic ring is 1. The summed E-state index contributed by atoms with van der Waals surface area (Å²) in [6.45, 7) is 0. The van der Waals surface area contributed by atoms with Crippen LogP contribution in [0.2, 0.25) is 0 Å². The highest BCUT2D eigenvalue weighted by Crippen LogP contribution is 2.35. The van der Waals surface area contributed by atoms with Gasteiger partial charge < -0.3 is 5.73 Å². The number of carbonyl (C=O) groups excluding carboxylic acids is 2. The van der Waals surface area contributed by atoms with E-state index in [4.69, 9.17) is 5.73 Å². The molecule has 0 bridgehead atoms. The van der Waals surface area contributed by atoms with Crippen LogP contribution in [0.4, 0.5) is 11.4 Å². The Balaban J connectivity index is 1.58. The number of thiazole rings is 1. The molecule has 27 heavy (non-hydrogen) atoms. The minimum atomic E-state index is -0.301. The van der Waals surface area contributed by atoms with Crippen LogP contribution >= 0.6 is 11.3 Å². The van der Waals surface area contributed by atoms with Gasteiger partial charge in [0.25, 0.3) is 11.8 Å². The SMILES string of the molecule is Nc1ccc2nc(-c3cccc(N4C(=O)c5ccccc5C4=O)c3)sc2c1. The maximum atomic E-state index is 12.7. The fraction of sp³-hybridized carbons (Fsp3) is 0. The van der Waals surface area contributed by atoms with Crippen molar-refractivity contribution in [3.05, 3.63) is 77.9 Å². The standard InChI is InChI=1S/C21H13N3O2S/c22-13-8-9-17-18(11-13)27-19(23-17)12-4-3-5-14(10-12)24-20(25)15-6-1-2-7-16(15)21(24)26/h1-11H,22H2. The van der Waals surface area contributed by atoms with Crippen molar-refractivity contribution in [1.82, 2.24) is 4.98 Å². The molecular weight excluding hydrogens is 358 g/mol. The van der Waals surface area contributed by atoms with E-state index >= 15 is 0 Å². The Morgan fingerprint density at radius 2 is 1.59 bits per heavy atom. The molecule has 2 heterocycles. The quantitative estimate of drug-likeness (QED) is 0.420. The first kappa shape index (κ1) is 15.7. The van der Waals surface area contributed by atoms with Crippen LogP contribution in [-0.2, 0) is 0 Å². The van der Waals surface area contributed by atoms with Crippen molar-refractivity contribution >= 4 is 44.7 Å². The Bertz CT molecular complexity index is 1210. The van der Waals surface area contributed by atoms with Crippen molar-refractivity contribution < 1.29 is 9.59 Å². The van der Waals surface area contributed by atoms with Gasteiger partial charge in [0.15, 0.2) is 0 Å². The molecule has 3 aromatic carbocycles. The molecule has 0 saturated heterocycles. The highest BCUT2D eigenvalue weighted by atomic mass is 32.1. The van der Waals surface area contributed by atoms with E-state index in [1.54, 1.807) is 30.3 Å². The number of rotatable bonds is 2. The van der Waals surface area contributed by atoms with Crippen LogP contribution in [0.3, 0.4) is 0 Å². The fourth-order valence-corrected chi connectivity index (χ4v) is 4.28. The molecule has 0 saturated carbocycles. The molecule has 130 valence electrons. The maximum absolute atomic E-state index is 12.7. The van der Waals surface area contributed by atoms with Crippen LogP contribution in [0.25, 0.3) is 20.8 Å². The Labute approximate surface area is 158 Å². The van der Waals surface area contributed by atoms with E-state index < -0.39 is 0 Å². The van der Waals surface area contributed by atoms with Gasteiger partial charge in [0.2, 0.25) is 0 Å². The molecule has 4 aromatic rings. The molecule has 0 aliphatic carbocycles. The van der Waals surface area contributed by atoms with Crippen LogP contribution in [-0.4, -0.2) is 16.8 Å². The summed E-state index contributed by atoms with van der Waals surface area (Å²) < 4.78 is 0.996. The zero-order valence-electron chi connectivity index (χ0n) is 14.0. The van der Waals surface area contributed by atoms with Crippen LogP contribution in [0.15, 0.2) is 66.7 Å². The Morgan fingerprint density at radius 3 is 2.33 bits per heavy atom. The van der Waals surface area contributed by atoms with Crippen molar-refractivity contribution in [2.45, 2.75) is 0 Å². The molecule has 0 unspecified atom stereocenters. The third-order valence-electron chi connectivity index (χ3n) is 4.56. The second-order valence-electron chi connectivity index (χ2n) is 6.29. The van der Waals surface area contributed by atoms with Crippen molar-refractivity contribution in [2.75, 3.05) is 10.6 Å². The summed E-state index contributed by atoms with van der Waals surface area (Å²) in [6.07, 6.45) is 0. The topological polar surface area (TPSA) is 76.3 Å². The van der Waals surface area contributed by atoms with Gasteiger partial charge in [0.05, 0.1) is 27.0 Å². The third-order valence-corrected chi connectivity index (χ3v) is 5.63. The summed E-state index contributed by atoms with van der Waals surface area (Å²) in [5, 5.41) is 0.814. The molecule has 0 fully saturated rings. The number of hydrogen-bond acceptors (Lipinski definition) is 5. The zero-order chi connectivity index (χ0) is 18.5.